The molecule has 0 radical (unpaired) electrons. The minimum Gasteiger partial charge on any atom is -0.330 e. The molecule has 1 aromatic rings. The van der Waals surface area contributed by atoms with Gasteiger partial charge in [-0.1, -0.05) is 11.6 Å². The summed E-state index contributed by atoms with van der Waals surface area (Å²) >= 11 is 5.68. The van der Waals surface area contributed by atoms with E-state index in [0.29, 0.717) is 18.1 Å². The van der Waals surface area contributed by atoms with Crippen LogP contribution in [0.25, 0.3) is 0 Å². The summed E-state index contributed by atoms with van der Waals surface area (Å²) in [6, 6.07) is 0. The van der Waals surface area contributed by atoms with E-state index in [0.717, 1.165) is 12.8 Å². The van der Waals surface area contributed by atoms with Crippen LogP contribution in [0, 0.1) is 0 Å². The summed E-state index contributed by atoms with van der Waals surface area (Å²) in [7, 11) is 0. The van der Waals surface area contributed by atoms with Crippen molar-refractivity contribution in [2.24, 2.45) is 5.73 Å². The van der Waals surface area contributed by atoms with Crippen LogP contribution in [0.2, 0.25) is 5.02 Å². The summed E-state index contributed by atoms with van der Waals surface area (Å²) in [6.45, 7) is 1.27. The van der Waals surface area contributed by atoms with E-state index < -0.39 is 0 Å². The average Bonchev–Trinajstić information content (AvgIpc) is 2.11. The lowest BCUT2D eigenvalue weighted by atomic mass is 10.3. The number of aromatic nitrogens is 2. The Balaban J connectivity index is 2.65. The lowest BCUT2D eigenvalue weighted by Gasteiger charge is -2.03. The van der Waals surface area contributed by atoms with E-state index in [2.05, 4.69) is 4.98 Å². The van der Waals surface area contributed by atoms with Gasteiger partial charge in [0.05, 0.1) is 11.2 Å². The van der Waals surface area contributed by atoms with Gasteiger partial charge in [0.2, 0.25) is 0 Å². The van der Waals surface area contributed by atoms with E-state index in [1.54, 1.807) is 6.20 Å². The molecule has 4 nitrogen and oxygen atoms in total. The molecule has 0 fully saturated rings. The summed E-state index contributed by atoms with van der Waals surface area (Å²) < 4.78 is 1.50. The predicted molar refractivity (Wildman–Crippen MR) is 51.8 cm³/mol. The zero-order valence-corrected chi connectivity index (χ0v) is 8.00. The molecule has 0 aliphatic heterocycles. The summed E-state index contributed by atoms with van der Waals surface area (Å²) in [5, 5.41) is 0.479. The lowest BCUT2D eigenvalue weighted by Crippen LogP contribution is -2.22. The molecule has 0 saturated heterocycles. The number of nitrogens with zero attached hydrogens (tertiary/aromatic N) is 2. The first-order valence-electron chi connectivity index (χ1n) is 4.16. The van der Waals surface area contributed by atoms with Crippen LogP contribution < -0.4 is 11.4 Å². The van der Waals surface area contributed by atoms with Crippen molar-refractivity contribution in [2.75, 3.05) is 6.54 Å². The molecule has 2 N–H and O–H groups in total. The van der Waals surface area contributed by atoms with Crippen LogP contribution in [0.1, 0.15) is 12.8 Å². The van der Waals surface area contributed by atoms with Gasteiger partial charge in [-0.3, -0.25) is 4.57 Å². The summed E-state index contributed by atoms with van der Waals surface area (Å²) in [5.41, 5.74) is 5.07. The van der Waals surface area contributed by atoms with E-state index in [1.807, 2.05) is 0 Å². The van der Waals surface area contributed by atoms with Crippen molar-refractivity contribution in [1.29, 1.82) is 0 Å². The topological polar surface area (TPSA) is 60.9 Å². The van der Waals surface area contributed by atoms with Crippen LogP contribution in [0.15, 0.2) is 17.2 Å². The third-order valence-corrected chi connectivity index (χ3v) is 1.87. The molecular formula is C8H12ClN3O. The predicted octanol–water partition coefficient (Wildman–Crippen LogP) is 0.636. The Bertz CT molecular complexity index is 323. The Hall–Kier alpha value is -0.870. The van der Waals surface area contributed by atoms with E-state index in [9.17, 15) is 4.79 Å². The Morgan fingerprint density at radius 3 is 3.00 bits per heavy atom. The van der Waals surface area contributed by atoms with Crippen molar-refractivity contribution < 1.29 is 0 Å². The quantitative estimate of drug-likeness (QED) is 0.728. The van der Waals surface area contributed by atoms with Crippen LogP contribution >= 0.6 is 11.6 Å². The Labute approximate surface area is 81.3 Å². The first-order chi connectivity index (χ1) is 6.24. The maximum absolute atomic E-state index is 11.1. The monoisotopic (exact) mass is 201 g/mol. The fraction of sp³-hybridized carbons (Fsp3) is 0.500. The van der Waals surface area contributed by atoms with Crippen molar-refractivity contribution in [1.82, 2.24) is 9.55 Å². The largest absolute Gasteiger partial charge is 0.347 e. The highest BCUT2D eigenvalue weighted by molar-refractivity contribution is 6.30. The van der Waals surface area contributed by atoms with E-state index in [4.69, 9.17) is 17.3 Å². The molecule has 0 aliphatic rings. The van der Waals surface area contributed by atoms with Crippen LogP contribution in [0.4, 0.5) is 0 Å². The van der Waals surface area contributed by atoms with Gasteiger partial charge in [0.1, 0.15) is 0 Å². The number of halogens is 1. The fourth-order valence-corrected chi connectivity index (χ4v) is 1.18. The van der Waals surface area contributed by atoms with Gasteiger partial charge in [-0.05, 0) is 19.4 Å². The maximum Gasteiger partial charge on any atom is 0.347 e. The summed E-state index contributed by atoms with van der Waals surface area (Å²) in [6.07, 6.45) is 4.72. The molecular weight excluding hydrogens is 190 g/mol. The van der Waals surface area contributed by atoms with Crippen LogP contribution in [0.3, 0.4) is 0 Å². The highest BCUT2D eigenvalue weighted by Gasteiger charge is 1.97. The highest BCUT2D eigenvalue weighted by atomic mass is 35.5. The summed E-state index contributed by atoms with van der Waals surface area (Å²) in [4.78, 5) is 14.7. The highest BCUT2D eigenvalue weighted by Crippen LogP contribution is 2.02. The van der Waals surface area contributed by atoms with Gasteiger partial charge >= 0.3 is 5.69 Å². The molecule has 0 aliphatic carbocycles. The van der Waals surface area contributed by atoms with Crippen molar-refractivity contribution in [2.45, 2.75) is 19.4 Å². The normalized spacial score (nSPS) is 10.3. The van der Waals surface area contributed by atoms with Crippen molar-refractivity contribution in [3.8, 4) is 0 Å². The second-order valence-corrected chi connectivity index (χ2v) is 3.18. The van der Waals surface area contributed by atoms with Gasteiger partial charge in [0.25, 0.3) is 0 Å². The van der Waals surface area contributed by atoms with Crippen LogP contribution in [0.5, 0.6) is 0 Å². The molecule has 0 saturated carbocycles. The standard InChI is InChI=1S/C8H12ClN3O/c9-7-5-11-8(13)12(6-7)4-2-1-3-10/h5-6H,1-4,10H2. The van der Waals surface area contributed by atoms with Crippen LogP contribution in [-0.2, 0) is 6.54 Å². The third-order valence-electron chi connectivity index (χ3n) is 1.68. The van der Waals surface area contributed by atoms with Crippen molar-refractivity contribution >= 4 is 11.6 Å². The average molecular weight is 202 g/mol. The molecule has 0 bridgehead atoms. The van der Waals surface area contributed by atoms with Gasteiger partial charge in [0.15, 0.2) is 0 Å². The molecule has 0 amide bonds. The third kappa shape index (κ3) is 3.16. The SMILES string of the molecule is NCCCCn1cc(Cl)cnc1=O. The Kier molecular flexibility index (Phi) is 3.92. The van der Waals surface area contributed by atoms with E-state index in [-0.39, 0.29) is 5.69 Å². The van der Waals surface area contributed by atoms with Gasteiger partial charge in [0, 0.05) is 12.7 Å². The number of aryl methyl sites for hydroxylation is 1. The van der Waals surface area contributed by atoms with Crippen molar-refractivity contribution in [3.05, 3.63) is 27.9 Å². The molecule has 13 heavy (non-hydrogen) atoms. The van der Waals surface area contributed by atoms with Gasteiger partial charge < -0.3 is 5.73 Å². The lowest BCUT2D eigenvalue weighted by molar-refractivity contribution is 0.587. The van der Waals surface area contributed by atoms with Gasteiger partial charge in [-0.25, -0.2) is 9.78 Å². The number of hydrogen-bond acceptors (Lipinski definition) is 3. The Morgan fingerprint density at radius 2 is 2.31 bits per heavy atom. The zero-order valence-electron chi connectivity index (χ0n) is 7.24. The molecule has 0 unspecified atom stereocenters. The minimum atomic E-state index is -0.263. The molecule has 5 heteroatoms. The first-order valence-corrected chi connectivity index (χ1v) is 4.54. The Morgan fingerprint density at radius 1 is 1.54 bits per heavy atom. The number of unbranched alkanes of at least 4 members (excludes halogenated alkanes) is 1. The molecule has 0 atom stereocenters. The second kappa shape index (κ2) is 4.99. The fourth-order valence-electron chi connectivity index (χ4n) is 1.02. The molecule has 0 aromatic carbocycles. The zero-order chi connectivity index (χ0) is 9.68. The summed E-state index contributed by atoms with van der Waals surface area (Å²) in [5.74, 6) is 0. The van der Waals surface area contributed by atoms with Crippen LogP contribution in [-0.4, -0.2) is 16.1 Å². The molecule has 1 aromatic heterocycles. The molecule has 72 valence electrons. The van der Waals surface area contributed by atoms with E-state index >= 15 is 0 Å². The van der Waals surface area contributed by atoms with Gasteiger partial charge in [-0.15, -0.1) is 0 Å². The molecule has 0 spiro atoms. The van der Waals surface area contributed by atoms with E-state index in [1.165, 1.54) is 10.8 Å². The maximum atomic E-state index is 11.1. The van der Waals surface area contributed by atoms with Gasteiger partial charge in [-0.2, -0.15) is 0 Å². The number of hydrogen-bond donors (Lipinski definition) is 1. The smallest absolute Gasteiger partial charge is 0.330 e. The molecule has 1 rings (SSSR count). The number of nitrogens with two attached hydrogens (primary N) is 1. The second-order valence-electron chi connectivity index (χ2n) is 2.74. The molecule has 1 heterocycles. The minimum absolute atomic E-state index is 0.263. The van der Waals surface area contributed by atoms with Crippen molar-refractivity contribution in [3.63, 3.8) is 0 Å². The number of rotatable bonds is 4. The first kappa shape index (κ1) is 10.2.